The van der Waals surface area contributed by atoms with E-state index in [0.29, 0.717) is 36.4 Å². The molecule has 4 rings (SSSR count). The first-order chi connectivity index (χ1) is 11.8. The second kappa shape index (κ2) is 6.67. The number of aromatic nitrogens is 4. The predicted octanol–water partition coefficient (Wildman–Crippen LogP) is 2.57. The van der Waals surface area contributed by atoms with E-state index >= 15 is 0 Å². The minimum absolute atomic E-state index is 0.0151. The zero-order valence-electron chi connectivity index (χ0n) is 13.6. The highest BCUT2D eigenvalue weighted by Crippen LogP contribution is 2.33. The van der Waals surface area contributed by atoms with Crippen LogP contribution in [-0.4, -0.2) is 43.5 Å². The van der Waals surface area contributed by atoms with Crippen LogP contribution in [-0.2, 0) is 4.79 Å². The van der Waals surface area contributed by atoms with Crippen LogP contribution >= 0.6 is 0 Å². The summed E-state index contributed by atoms with van der Waals surface area (Å²) in [7, 11) is 0. The van der Waals surface area contributed by atoms with Gasteiger partial charge in [-0.3, -0.25) is 9.78 Å². The Morgan fingerprint density at radius 3 is 2.71 bits per heavy atom. The normalized spacial score (nSPS) is 22.8. The van der Waals surface area contributed by atoms with Crippen LogP contribution in [0, 0.1) is 0 Å². The van der Waals surface area contributed by atoms with Gasteiger partial charge in [-0.05, 0) is 12.8 Å². The Morgan fingerprint density at radius 1 is 1.12 bits per heavy atom. The predicted molar refractivity (Wildman–Crippen MR) is 85.9 cm³/mol. The summed E-state index contributed by atoms with van der Waals surface area (Å²) in [6.45, 7) is 0.686. The fourth-order valence-corrected chi connectivity index (χ4v) is 3.74. The highest BCUT2D eigenvalue weighted by atomic mass is 16.5. The van der Waals surface area contributed by atoms with Gasteiger partial charge >= 0.3 is 0 Å². The van der Waals surface area contributed by atoms with Crippen LogP contribution in [0.4, 0.5) is 0 Å². The van der Waals surface area contributed by atoms with Gasteiger partial charge in [-0.2, -0.15) is 4.98 Å². The van der Waals surface area contributed by atoms with E-state index in [2.05, 4.69) is 20.1 Å². The molecule has 2 fully saturated rings. The quantitative estimate of drug-likeness (QED) is 0.806. The molecule has 1 atom stereocenters. The van der Waals surface area contributed by atoms with Gasteiger partial charge in [0.25, 0.3) is 0 Å². The summed E-state index contributed by atoms with van der Waals surface area (Å²) in [5.41, 5.74) is 0.581. The Bertz CT molecular complexity index is 694. The van der Waals surface area contributed by atoms with Crippen molar-refractivity contribution in [3.63, 3.8) is 0 Å². The van der Waals surface area contributed by atoms with Gasteiger partial charge in [0.2, 0.25) is 17.6 Å². The fourth-order valence-electron chi connectivity index (χ4n) is 3.74. The van der Waals surface area contributed by atoms with Crippen LogP contribution in [0.15, 0.2) is 23.1 Å². The molecule has 7 heteroatoms. The molecule has 24 heavy (non-hydrogen) atoms. The lowest BCUT2D eigenvalue weighted by molar-refractivity contribution is -0.129. The van der Waals surface area contributed by atoms with Crippen molar-refractivity contribution in [3.8, 4) is 11.5 Å². The first-order valence-electron chi connectivity index (χ1n) is 8.71. The molecule has 0 bridgehead atoms. The molecule has 7 nitrogen and oxygen atoms in total. The molecule has 3 heterocycles. The maximum atomic E-state index is 12.5. The highest BCUT2D eigenvalue weighted by Gasteiger charge is 2.37. The van der Waals surface area contributed by atoms with Crippen LogP contribution in [0.3, 0.4) is 0 Å². The monoisotopic (exact) mass is 327 g/mol. The standard InChI is InChI=1S/C17H21N5O2/c23-15-9-12(11-22(15)13-5-3-1-2-4-6-13)17-20-16(21-24-17)14-10-18-7-8-19-14/h7-8,10,12-13H,1-6,9,11H2/t12-/m1/s1. The highest BCUT2D eigenvalue weighted by molar-refractivity contribution is 5.79. The molecule has 0 spiro atoms. The number of amides is 1. The van der Waals surface area contributed by atoms with Crippen LogP contribution in [0.1, 0.15) is 56.8 Å². The molecule has 1 amide bonds. The van der Waals surface area contributed by atoms with E-state index in [1.807, 2.05) is 4.90 Å². The fraction of sp³-hybridized carbons (Fsp3) is 0.588. The van der Waals surface area contributed by atoms with Gasteiger partial charge < -0.3 is 9.42 Å². The minimum Gasteiger partial charge on any atom is -0.339 e. The first kappa shape index (κ1) is 15.2. The summed E-state index contributed by atoms with van der Waals surface area (Å²) in [6.07, 6.45) is 12.5. The van der Waals surface area contributed by atoms with E-state index in [1.54, 1.807) is 18.6 Å². The van der Waals surface area contributed by atoms with Crippen molar-refractivity contribution >= 4 is 5.91 Å². The van der Waals surface area contributed by atoms with E-state index < -0.39 is 0 Å². The summed E-state index contributed by atoms with van der Waals surface area (Å²) >= 11 is 0. The third kappa shape index (κ3) is 3.02. The number of carbonyl (C=O) groups excluding carboxylic acids is 1. The second-order valence-corrected chi connectivity index (χ2v) is 6.64. The van der Waals surface area contributed by atoms with E-state index in [-0.39, 0.29) is 11.8 Å². The Kier molecular flexibility index (Phi) is 4.23. The number of hydrogen-bond acceptors (Lipinski definition) is 6. The van der Waals surface area contributed by atoms with E-state index in [0.717, 1.165) is 12.8 Å². The average molecular weight is 327 g/mol. The van der Waals surface area contributed by atoms with E-state index in [9.17, 15) is 4.79 Å². The molecule has 0 aromatic carbocycles. The number of likely N-dealkylation sites (tertiary alicyclic amines) is 1. The smallest absolute Gasteiger partial charge is 0.232 e. The summed E-state index contributed by atoms with van der Waals surface area (Å²) in [6, 6.07) is 0.382. The van der Waals surface area contributed by atoms with E-state index in [1.165, 1.54) is 25.7 Å². The minimum atomic E-state index is -0.0151. The third-order valence-electron chi connectivity index (χ3n) is 5.01. The second-order valence-electron chi connectivity index (χ2n) is 6.64. The Morgan fingerprint density at radius 2 is 1.96 bits per heavy atom. The molecule has 1 saturated heterocycles. The van der Waals surface area contributed by atoms with Gasteiger partial charge in [-0.1, -0.05) is 30.8 Å². The third-order valence-corrected chi connectivity index (χ3v) is 5.01. The van der Waals surface area contributed by atoms with Crippen LogP contribution in [0.5, 0.6) is 0 Å². The molecule has 2 aliphatic rings. The van der Waals surface area contributed by atoms with Crippen molar-refractivity contribution in [2.24, 2.45) is 0 Å². The lowest BCUT2D eigenvalue weighted by Gasteiger charge is -2.26. The van der Waals surface area contributed by atoms with Gasteiger partial charge in [0.05, 0.1) is 12.1 Å². The van der Waals surface area contributed by atoms with Gasteiger partial charge in [-0.25, -0.2) is 4.98 Å². The van der Waals surface area contributed by atoms with E-state index in [4.69, 9.17) is 4.52 Å². The van der Waals surface area contributed by atoms with Crippen molar-refractivity contribution < 1.29 is 9.32 Å². The number of rotatable bonds is 3. The summed E-state index contributed by atoms with van der Waals surface area (Å²) in [5.74, 6) is 1.16. The topological polar surface area (TPSA) is 85.0 Å². The van der Waals surface area contributed by atoms with Gasteiger partial charge in [0.1, 0.15) is 5.69 Å². The van der Waals surface area contributed by atoms with Crippen molar-refractivity contribution in [2.45, 2.75) is 56.9 Å². The zero-order chi connectivity index (χ0) is 16.4. The molecular weight excluding hydrogens is 306 g/mol. The SMILES string of the molecule is O=C1C[C@@H](c2nc(-c3cnccn3)no2)CN1C1CCCCCC1. The maximum absolute atomic E-state index is 12.5. The Balaban J connectivity index is 1.48. The van der Waals surface area contributed by atoms with Gasteiger partial charge in [0, 0.05) is 31.4 Å². The maximum Gasteiger partial charge on any atom is 0.232 e. The first-order valence-corrected chi connectivity index (χ1v) is 8.71. The van der Waals surface area contributed by atoms with Gasteiger partial charge in [0.15, 0.2) is 0 Å². The molecule has 1 aliphatic carbocycles. The van der Waals surface area contributed by atoms with Gasteiger partial charge in [-0.15, -0.1) is 0 Å². The molecular formula is C17H21N5O2. The Labute approximate surface area is 140 Å². The molecule has 1 aliphatic heterocycles. The van der Waals surface area contributed by atoms with Crippen molar-refractivity contribution in [3.05, 3.63) is 24.5 Å². The summed E-state index contributed by atoms with van der Waals surface area (Å²) < 4.78 is 5.40. The zero-order valence-corrected chi connectivity index (χ0v) is 13.6. The van der Waals surface area contributed by atoms with Crippen molar-refractivity contribution in [1.82, 2.24) is 25.0 Å². The summed E-state index contributed by atoms with van der Waals surface area (Å²) in [4.78, 5) is 27.1. The van der Waals surface area contributed by atoms with Crippen molar-refractivity contribution in [2.75, 3.05) is 6.54 Å². The largest absolute Gasteiger partial charge is 0.339 e. The number of nitrogens with zero attached hydrogens (tertiary/aromatic N) is 5. The molecule has 2 aromatic rings. The molecule has 0 N–H and O–H groups in total. The molecule has 126 valence electrons. The lowest BCUT2D eigenvalue weighted by atomic mass is 10.1. The average Bonchev–Trinajstić information content (AvgIpc) is 3.15. The summed E-state index contributed by atoms with van der Waals surface area (Å²) in [5, 5.41) is 3.99. The van der Waals surface area contributed by atoms with Crippen molar-refractivity contribution in [1.29, 1.82) is 0 Å². The molecule has 0 radical (unpaired) electrons. The van der Waals surface area contributed by atoms with Crippen LogP contribution in [0.2, 0.25) is 0 Å². The van der Waals surface area contributed by atoms with Crippen LogP contribution in [0.25, 0.3) is 11.5 Å². The molecule has 2 aromatic heterocycles. The molecule has 0 unspecified atom stereocenters. The molecule has 1 saturated carbocycles. The number of hydrogen-bond donors (Lipinski definition) is 0. The lowest BCUT2D eigenvalue weighted by Crippen LogP contribution is -2.36. The van der Waals surface area contributed by atoms with Crippen LogP contribution < -0.4 is 0 Å². The Hall–Kier alpha value is -2.31. The number of carbonyl (C=O) groups is 1.